The van der Waals surface area contributed by atoms with E-state index in [1.807, 2.05) is 0 Å². The van der Waals surface area contributed by atoms with Gasteiger partial charge >= 0.3 is 0 Å². The van der Waals surface area contributed by atoms with E-state index >= 15 is 0 Å². The molecule has 0 fully saturated rings. The Morgan fingerprint density at radius 3 is 2.46 bits per heavy atom. The van der Waals surface area contributed by atoms with Gasteiger partial charge < -0.3 is 10.5 Å². The fraction of sp³-hybridized carbons (Fsp3) is 0.909. The molecule has 0 bridgehead atoms. The Labute approximate surface area is 81.9 Å². The normalized spacial score (nSPS) is 12.8. The van der Waals surface area contributed by atoms with Gasteiger partial charge in [0, 0.05) is 6.42 Å². The van der Waals surface area contributed by atoms with Gasteiger partial charge in [0.25, 0.3) is 0 Å². The Kier molecular flexibility index (Phi) is 9.44. The van der Waals surface area contributed by atoms with Crippen LogP contribution in [0.25, 0.3) is 0 Å². The van der Waals surface area contributed by atoms with Crippen LogP contribution in [-0.4, -0.2) is 12.8 Å². The molecule has 0 aliphatic carbocycles. The Bertz CT molecular complexity index is 115. The minimum atomic E-state index is 0.729. The lowest BCUT2D eigenvalue weighted by Gasteiger charge is -2.09. The van der Waals surface area contributed by atoms with Gasteiger partial charge in [-0.25, -0.2) is 0 Å². The quantitative estimate of drug-likeness (QED) is 0.443. The average Bonchev–Trinajstić information content (AvgIpc) is 2.13. The summed E-state index contributed by atoms with van der Waals surface area (Å²) in [6, 6.07) is 0. The van der Waals surface area contributed by atoms with Crippen molar-refractivity contribution >= 4 is 6.29 Å². The van der Waals surface area contributed by atoms with E-state index in [2.05, 4.69) is 6.92 Å². The number of carbonyl (C=O) groups is 1. The molecule has 13 heavy (non-hydrogen) atoms. The lowest BCUT2D eigenvalue weighted by Crippen LogP contribution is -1.99. The zero-order chi connectivity index (χ0) is 9.94. The van der Waals surface area contributed by atoms with Crippen LogP contribution in [0.2, 0.25) is 0 Å². The van der Waals surface area contributed by atoms with E-state index in [9.17, 15) is 4.79 Å². The second-order valence-electron chi connectivity index (χ2n) is 3.84. The number of carbonyl (C=O) groups excluding carboxylic acids is 1. The molecule has 0 aromatic rings. The highest BCUT2D eigenvalue weighted by atomic mass is 16.1. The Balaban J connectivity index is 3.09. The summed E-state index contributed by atoms with van der Waals surface area (Å²) in [4.78, 5) is 10.1. The Morgan fingerprint density at radius 2 is 1.85 bits per heavy atom. The highest BCUT2D eigenvalue weighted by Gasteiger charge is 2.00. The monoisotopic (exact) mass is 185 g/mol. The second-order valence-corrected chi connectivity index (χ2v) is 3.84. The first-order valence-corrected chi connectivity index (χ1v) is 5.45. The molecule has 2 heteroatoms. The first kappa shape index (κ1) is 12.6. The molecule has 0 aromatic carbocycles. The topological polar surface area (TPSA) is 43.1 Å². The highest BCUT2D eigenvalue weighted by Crippen LogP contribution is 2.15. The van der Waals surface area contributed by atoms with E-state index < -0.39 is 0 Å². The predicted octanol–water partition coefficient (Wildman–Crippen LogP) is 2.51. The summed E-state index contributed by atoms with van der Waals surface area (Å²) in [6.45, 7) is 3.09. The van der Waals surface area contributed by atoms with E-state index in [0.29, 0.717) is 0 Å². The summed E-state index contributed by atoms with van der Waals surface area (Å²) < 4.78 is 0. The van der Waals surface area contributed by atoms with Crippen LogP contribution in [0.5, 0.6) is 0 Å². The average molecular weight is 185 g/mol. The first-order valence-electron chi connectivity index (χ1n) is 5.45. The van der Waals surface area contributed by atoms with Crippen LogP contribution in [0, 0.1) is 5.92 Å². The zero-order valence-corrected chi connectivity index (χ0v) is 8.80. The van der Waals surface area contributed by atoms with Crippen molar-refractivity contribution in [2.24, 2.45) is 11.7 Å². The summed E-state index contributed by atoms with van der Waals surface area (Å²) in [5.41, 5.74) is 5.40. The Hall–Kier alpha value is -0.370. The zero-order valence-electron chi connectivity index (χ0n) is 8.80. The van der Waals surface area contributed by atoms with E-state index in [-0.39, 0.29) is 0 Å². The number of aldehydes is 1. The maximum atomic E-state index is 10.1. The summed E-state index contributed by atoms with van der Waals surface area (Å²) in [6.07, 6.45) is 8.99. The summed E-state index contributed by atoms with van der Waals surface area (Å²) in [5, 5.41) is 0. The van der Waals surface area contributed by atoms with Gasteiger partial charge in [0.1, 0.15) is 6.29 Å². The van der Waals surface area contributed by atoms with Gasteiger partial charge in [-0.3, -0.25) is 0 Å². The number of hydrogen-bond acceptors (Lipinski definition) is 2. The Morgan fingerprint density at radius 1 is 1.15 bits per heavy atom. The maximum Gasteiger partial charge on any atom is 0.119 e. The maximum absolute atomic E-state index is 10.1. The molecule has 0 saturated carbocycles. The molecule has 0 spiro atoms. The fourth-order valence-corrected chi connectivity index (χ4v) is 1.51. The molecule has 0 aliphatic rings. The molecule has 1 atom stereocenters. The molecule has 0 amide bonds. The minimum Gasteiger partial charge on any atom is -0.330 e. The number of nitrogens with two attached hydrogens (primary N) is 1. The second kappa shape index (κ2) is 9.72. The molecule has 2 N–H and O–H groups in total. The number of unbranched alkanes of at least 4 members (excludes halogenated alkanes) is 3. The van der Waals surface area contributed by atoms with Crippen molar-refractivity contribution in [1.29, 1.82) is 0 Å². The third-order valence-electron chi connectivity index (χ3n) is 2.42. The summed E-state index contributed by atoms with van der Waals surface area (Å²) >= 11 is 0. The largest absolute Gasteiger partial charge is 0.330 e. The number of rotatable bonds is 9. The molecule has 0 heterocycles. The van der Waals surface area contributed by atoms with E-state index in [1.54, 1.807) is 0 Å². The summed E-state index contributed by atoms with van der Waals surface area (Å²) in [5.74, 6) is 0.776. The van der Waals surface area contributed by atoms with Gasteiger partial charge in [-0.1, -0.05) is 32.6 Å². The molecule has 0 saturated heterocycles. The van der Waals surface area contributed by atoms with Gasteiger partial charge in [0.15, 0.2) is 0 Å². The highest BCUT2D eigenvalue weighted by molar-refractivity contribution is 5.48. The van der Waals surface area contributed by atoms with E-state index in [0.717, 1.165) is 38.0 Å². The third-order valence-corrected chi connectivity index (χ3v) is 2.42. The van der Waals surface area contributed by atoms with Crippen LogP contribution in [0.1, 0.15) is 51.9 Å². The van der Waals surface area contributed by atoms with Crippen LogP contribution in [0.3, 0.4) is 0 Å². The van der Waals surface area contributed by atoms with Crippen LogP contribution >= 0.6 is 0 Å². The minimum absolute atomic E-state index is 0.729. The molecule has 0 radical (unpaired) electrons. The molecule has 2 nitrogen and oxygen atoms in total. The van der Waals surface area contributed by atoms with Gasteiger partial charge in [-0.15, -0.1) is 0 Å². The van der Waals surface area contributed by atoms with Crippen molar-refractivity contribution < 1.29 is 4.79 Å². The van der Waals surface area contributed by atoms with E-state index in [1.165, 1.54) is 25.7 Å². The van der Waals surface area contributed by atoms with Crippen molar-refractivity contribution in [3.63, 3.8) is 0 Å². The molecular formula is C11H23NO. The molecule has 0 aromatic heterocycles. The third kappa shape index (κ3) is 9.54. The SMILES string of the molecule is CC(CCCC=O)CCCCCN. The van der Waals surface area contributed by atoms with E-state index in [4.69, 9.17) is 5.73 Å². The predicted molar refractivity (Wildman–Crippen MR) is 56.6 cm³/mol. The fourth-order valence-electron chi connectivity index (χ4n) is 1.51. The van der Waals surface area contributed by atoms with Crippen molar-refractivity contribution in [3.05, 3.63) is 0 Å². The lowest BCUT2D eigenvalue weighted by atomic mass is 9.97. The molecule has 78 valence electrons. The van der Waals surface area contributed by atoms with Crippen molar-refractivity contribution in [1.82, 2.24) is 0 Å². The lowest BCUT2D eigenvalue weighted by molar-refractivity contribution is -0.107. The van der Waals surface area contributed by atoms with Gasteiger partial charge in [0.2, 0.25) is 0 Å². The molecular weight excluding hydrogens is 162 g/mol. The first-order chi connectivity index (χ1) is 6.31. The van der Waals surface area contributed by atoms with Crippen molar-refractivity contribution in [2.45, 2.75) is 51.9 Å². The smallest absolute Gasteiger partial charge is 0.119 e. The van der Waals surface area contributed by atoms with Crippen LogP contribution in [0.15, 0.2) is 0 Å². The standard InChI is InChI=1S/C11H23NO/c1-11(8-4-6-10-13)7-3-2-5-9-12/h10-11H,2-9,12H2,1H3. The number of hydrogen-bond donors (Lipinski definition) is 1. The molecule has 0 aliphatic heterocycles. The van der Waals surface area contributed by atoms with Crippen molar-refractivity contribution in [3.8, 4) is 0 Å². The van der Waals surface area contributed by atoms with Crippen LogP contribution in [0.4, 0.5) is 0 Å². The molecule has 1 unspecified atom stereocenters. The van der Waals surface area contributed by atoms with Crippen LogP contribution in [-0.2, 0) is 4.79 Å². The van der Waals surface area contributed by atoms with Crippen LogP contribution < -0.4 is 5.73 Å². The van der Waals surface area contributed by atoms with Gasteiger partial charge in [-0.05, 0) is 25.3 Å². The summed E-state index contributed by atoms with van der Waals surface area (Å²) in [7, 11) is 0. The van der Waals surface area contributed by atoms with Gasteiger partial charge in [-0.2, -0.15) is 0 Å². The molecule has 0 rings (SSSR count). The van der Waals surface area contributed by atoms with Crippen molar-refractivity contribution in [2.75, 3.05) is 6.54 Å². The van der Waals surface area contributed by atoms with Gasteiger partial charge in [0.05, 0.1) is 0 Å².